The molecule has 2 aromatic rings. The molecule has 2 aromatic heterocycles. The molecule has 80 valence electrons. The van der Waals surface area contributed by atoms with Crippen LogP contribution in [0.4, 0.5) is 0 Å². The molecule has 0 aliphatic carbocycles. The van der Waals surface area contributed by atoms with Crippen LogP contribution in [-0.2, 0) is 6.42 Å². The van der Waals surface area contributed by atoms with E-state index in [1.54, 1.807) is 13.1 Å². The molecular formula is C9H12N4O2. The third-order valence-electron chi connectivity index (χ3n) is 2.05. The number of nitrogens with zero attached hydrogens (tertiary/aromatic N) is 3. The van der Waals surface area contributed by atoms with Crippen molar-refractivity contribution in [1.29, 1.82) is 0 Å². The lowest BCUT2D eigenvalue weighted by Crippen LogP contribution is -2.10. The summed E-state index contributed by atoms with van der Waals surface area (Å²) in [6, 6.07) is 0. The van der Waals surface area contributed by atoms with Crippen molar-refractivity contribution >= 4 is 0 Å². The number of hydrogen-bond donors (Lipinski definition) is 1. The van der Waals surface area contributed by atoms with Gasteiger partial charge in [0.1, 0.15) is 11.3 Å². The summed E-state index contributed by atoms with van der Waals surface area (Å²) in [4.78, 5) is 4.23. The van der Waals surface area contributed by atoms with Gasteiger partial charge in [-0.15, -0.1) is 0 Å². The molecule has 0 saturated carbocycles. The lowest BCUT2D eigenvalue weighted by atomic mass is 10.3. The van der Waals surface area contributed by atoms with Crippen LogP contribution in [-0.4, -0.2) is 28.9 Å². The summed E-state index contributed by atoms with van der Waals surface area (Å²) in [7, 11) is 1.88. The van der Waals surface area contributed by atoms with Gasteiger partial charge in [-0.3, -0.25) is 0 Å². The van der Waals surface area contributed by atoms with Crippen LogP contribution in [0, 0.1) is 6.92 Å². The predicted molar refractivity (Wildman–Crippen MR) is 52.2 cm³/mol. The van der Waals surface area contributed by atoms with Gasteiger partial charge in [0.15, 0.2) is 5.82 Å². The average Bonchev–Trinajstić information content (AvgIpc) is 2.83. The van der Waals surface area contributed by atoms with Gasteiger partial charge in [-0.05, 0) is 14.0 Å². The Labute approximate surface area is 86.6 Å². The van der Waals surface area contributed by atoms with Gasteiger partial charge in [0.05, 0.1) is 6.20 Å². The van der Waals surface area contributed by atoms with Crippen LogP contribution < -0.4 is 5.32 Å². The second kappa shape index (κ2) is 4.22. The van der Waals surface area contributed by atoms with E-state index in [-0.39, 0.29) is 0 Å². The zero-order chi connectivity index (χ0) is 10.7. The van der Waals surface area contributed by atoms with E-state index in [4.69, 9.17) is 9.05 Å². The van der Waals surface area contributed by atoms with Crippen LogP contribution in [0.3, 0.4) is 0 Å². The number of aromatic nitrogens is 3. The molecule has 0 spiro atoms. The molecule has 6 nitrogen and oxygen atoms in total. The fourth-order valence-corrected chi connectivity index (χ4v) is 1.21. The Kier molecular flexibility index (Phi) is 2.77. The van der Waals surface area contributed by atoms with Gasteiger partial charge in [-0.25, -0.2) is 0 Å². The molecule has 0 unspecified atom stereocenters. The molecule has 2 rings (SSSR count). The van der Waals surface area contributed by atoms with E-state index in [9.17, 15) is 0 Å². The number of aryl methyl sites for hydroxylation is 1. The summed E-state index contributed by atoms with van der Waals surface area (Å²) in [5.41, 5.74) is 0.748. The maximum Gasteiger partial charge on any atom is 0.263 e. The highest BCUT2D eigenvalue weighted by molar-refractivity contribution is 5.53. The Balaban J connectivity index is 2.17. The zero-order valence-electron chi connectivity index (χ0n) is 8.65. The molecule has 0 aromatic carbocycles. The average molecular weight is 208 g/mol. The van der Waals surface area contributed by atoms with E-state index >= 15 is 0 Å². The fraction of sp³-hybridized carbons (Fsp3) is 0.444. The van der Waals surface area contributed by atoms with Gasteiger partial charge in [0.25, 0.3) is 5.89 Å². The summed E-state index contributed by atoms with van der Waals surface area (Å²) in [6.07, 6.45) is 2.31. The molecule has 2 heterocycles. The van der Waals surface area contributed by atoms with E-state index in [1.807, 2.05) is 7.05 Å². The molecular weight excluding hydrogens is 196 g/mol. The Morgan fingerprint density at radius 1 is 1.40 bits per heavy atom. The molecule has 15 heavy (non-hydrogen) atoms. The summed E-state index contributed by atoms with van der Waals surface area (Å²) in [6.45, 7) is 2.63. The first-order valence-corrected chi connectivity index (χ1v) is 4.70. The van der Waals surface area contributed by atoms with Crippen molar-refractivity contribution in [1.82, 2.24) is 20.6 Å². The quantitative estimate of drug-likeness (QED) is 0.800. The minimum absolute atomic E-state index is 0.458. The van der Waals surface area contributed by atoms with Crippen LogP contribution in [0.15, 0.2) is 15.2 Å². The maximum atomic E-state index is 5.10. The van der Waals surface area contributed by atoms with E-state index in [0.717, 1.165) is 18.5 Å². The zero-order valence-corrected chi connectivity index (χ0v) is 8.65. The van der Waals surface area contributed by atoms with Crippen molar-refractivity contribution in [2.24, 2.45) is 0 Å². The van der Waals surface area contributed by atoms with Crippen LogP contribution in [0.1, 0.15) is 11.6 Å². The Bertz CT molecular complexity index is 435. The first-order chi connectivity index (χ1) is 7.31. The molecule has 0 atom stereocenters. The van der Waals surface area contributed by atoms with E-state index < -0.39 is 0 Å². The lowest BCUT2D eigenvalue weighted by molar-refractivity contribution is 0.395. The summed E-state index contributed by atoms with van der Waals surface area (Å²) in [5, 5.41) is 10.5. The first-order valence-electron chi connectivity index (χ1n) is 4.70. The van der Waals surface area contributed by atoms with Crippen molar-refractivity contribution in [3.05, 3.63) is 17.8 Å². The van der Waals surface area contributed by atoms with Gasteiger partial charge in [-0.2, -0.15) is 4.98 Å². The molecule has 0 aliphatic rings. The summed E-state index contributed by atoms with van der Waals surface area (Å²) >= 11 is 0. The van der Waals surface area contributed by atoms with Crippen molar-refractivity contribution in [3.63, 3.8) is 0 Å². The maximum absolute atomic E-state index is 5.10. The minimum Gasteiger partial charge on any atom is -0.361 e. The molecule has 1 N–H and O–H groups in total. The van der Waals surface area contributed by atoms with Crippen LogP contribution in [0.5, 0.6) is 0 Å². The highest BCUT2D eigenvalue weighted by Crippen LogP contribution is 2.20. The molecule has 0 radical (unpaired) electrons. The van der Waals surface area contributed by atoms with Gasteiger partial charge >= 0.3 is 0 Å². The second-order valence-corrected chi connectivity index (χ2v) is 3.16. The Hall–Kier alpha value is -1.69. The summed E-state index contributed by atoms with van der Waals surface area (Å²) in [5.74, 6) is 1.82. The standard InChI is InChI=1S/C9H12N4O2/c1-6-7(5-11-14-6)9-12-8(13-15-9)3-4-10-2/h5,10H,3-4H2,1-2H3. The topological polar surface area (TPSA) is 77.0 Å². The Morgan fingerprint density at radius 3 is 2.93 bits per heavy atom. The third kappa shape index (κ3) is 2.04. The van der Waals surface area contributed by atoms with Crippen molar-refractivity contribution < 1.29 is 9.05 Å². The van der Waals surface area contributed by atoms with Gasteiger partial charge in [0.2, 0.25) is 0 Å². The number of likely N-dealkylation sites (N-methyl/N-ethyl adjacent to an activating group) is 1. The molecule has 0 aliphatic heterocycles. The summed E-state index contributed by atoms with van der Waals surface area (Å²) < 4.78 is 10.0. The number of rotatable bonds is 4. The van der Waals surface area contributed by atoms with Crippen LogP contribution in [0.2, 0.25) is 0 Å². The smallest absolute Gasteiger partial charge is 0.263 e. The second-order valence-electron chi connectivity index (χ2n) is 3.16. The van der Waals surface area contributed by atoms with Crippen LogP contribution in [0.25, 0.3) is 11.5 Å². The molecule has 0 amide bonds. The highest BCUT2D eigenvalue weighted by Gasteiger charge is 2.13. The van der Waals surface area contributed by atoms with Crippen LogP contribution >= 0.6 is 0 Å². The molecule has 0 fully saturated rings. The Morgan fingerprint density at radius 2 is 2.27 bits per heavy atom. The number of hydrogen-bond acceptors (Lipinski definition) is 6. The van der Waals surface area contributed by atoms with E-state index in [1.165, 1.54) is 0 Å². The minimum atomic E-state index is 0.458. The first kappa shape index (κ1) is 9.85. The number of nitrogens with one attached hydrogen (secondary N) is 1. The largest absolute Gasteiger partial charge is 0.361 e. The third-order valence-corrected chi connectivity index (χ3v) is 2.05. The van der Waals surface area contributed by atoms with E-state index in [2.05, 4.69) is 20.6 Å². The lowest BCUT2D eigenvalue weighted by Gasteiger charge is -1.90. The van der Waals surface area contributed by atoms with Gasteiger partial charge in [-0.1, -0.05) is 10.3 Å². The molecule has 6 heteroatoms. The van der Waals surface area contributed by atoms with Gasteiger partial charge in [0, 0.05) is 13.0 Å². The van der Waals surface area contributed by atoms with Crippen molar-refractivity contribution in [2.75, 3.05) is 13.6 Å². The van der Waals surface area contributed by atoms with E-state index in [0.29, 0.717) is 17.5 Å². The van der Waals surface area contributed by atoms with Gasteiger partial charge < -0.3 is 14.4 Å². The van der Waals surface area contributed by atoms with Crippen molar-refractivity contribution in [2.45, 2.75) is 13.3 Å². The fourth-order valence-electron chi connectivity index (χ4n) is 1.21. The highest BCUT2D eigenvalue weighted by atomic mass is 16.5. The monoisotopic (exact) mass is 208 g/mol. The normalized spacial score (nSPS) is 10.8. The molecule has 0 bridgehead atoms. The van der Waals surface area contributed by atoms with Crippen molar-refractivity contribution in [3.8, 4) is 11.5 Å². The predicted octanol–water partition coefficient (Wildman–Crippen LogP) is 0.795. The SMILES string of the molecule is CNCCc1noc(-c2cnoc2C)n1. The molecule has 0 saturated heterocycles.